The number of likely N-dealkylation sites (N-methyl/N-ethyl adjacent to an activating group) is 1. The minimum Gasteiger partial charge on any atom is -0.297 e. The predicted octanol–water partition coefficient (Wildman–Crippen LogP) is 3.94. The number of carbonyl (C=O) groups is 1. The first-order valence-electron chi connectivity index (χ1n) is 7.81. The number of aryl methyl sites for hydroxylation is 1. The Morgan fingerprint density at radius 1 is 1.40 bits per heavy atom. The van der Waals surface area contributed by atoms with Gasteiger partial charge in [0.2, 0.25) is 0 Å². The van der Waals surface area contributed by atoms with Gasteiger partial charge in [0.05, 0.1) is 5.54 Å². The molecule has 1 aromatic rings. The van der Waals surface area contributed by atoms with Crippen LogP contribution in [0.15, 0.2) is 24.3 Å². The lowest BCUT2D eigenvalue weighted by Gasteiger charge is -2.43. The first kappa shape index (κ1) is 15.2. The Balaban J connectivity index is 2.36. The van der Waals surface area contributed by atoms with Crippen molar-refractivity contribution in [3.05, 3.63) is 35.4 Å². The van der Waals surface area contributed by atoms with E-state index in [0.717, 1.165) is 31.2 Å². The predicted molar refractivity (Wildman–Crippen MR) is 84.2 cm³/mol. The van der Waals surface area contributed by atoms with Gasteiger partial charge in [-0.05, 0) is 50.9 Å². The summed E-state index contributed by atoms with van der Waals surface area (Å²) in [6, 6.07) is 8.17. The third-order valence-corrected chi connectivity index (χ3v) is 4.85. The maximum atomic E-state index is 13.1. The summed E-state index contributed by atoms with van der Waals surface area (Å²) in [4.78, 5) is 15.3. The molecule has 2 unspecified atom stereocenters. The Morgan fingerprint density at radius 2 is 2.15 bits per heavy atom. The average Bonchev–Trinajstić information content (AvgIpc) is 2.46. The summed E-state index contributed by atoms with van der Waals surface area (Å²) in [5, 5.41) is 0. The molecule has 1 aliphatic rings. The van der Waals surface area contributed by atoms with Crippen molar-refractivity contribution < 1.29 is 4.79 Å². The van der Waals surface area contributed by atoms with Crippen molar-refractivity contribution in [2.24, 2.45) is 5.92 Å². The van der Waals surface area contributed by atoms with Gasteiger partial charge in [0.25, 0.3) is 0 Å². The molecule has 0 N–H and O–H groups in total. The molecule has 0 heterocycles. The average molecular weight is 273 g/mol. The Labute approximate surface area is 123 Å². The molecule has 0 bridgehead atoms. The van der Waals surface area contributed by atoms with Crippen molar-refractivity contribution in [1.29, 1.82) is 0 Å². The molecule has 2 rings (SSSR count). The summed E-state index contributed by atoms with van der Waals surface area (Å²) in [5.41, 5.74) is 1.82. The topological polar surface area (TPSA) is 20.3 Å². The number of nitrogens with zero attached hydrogens (tertiary/aromatic N) is 1. The minimum absolute atomic E-state index is 0.302. The fourth-order valence-electron chi connectivity index (χ4n) is 3.54. The first-order chi connectivity index (χ1) is 9.49. The van der Waals surface area contributed by atoms with E-state index in [0.29, 0.717) is 11.7 Å². The second-order valence-electron chi connectivity index (χ2n) is 6.51. The molecule has 0 spiro atoms. The van der Waals surface area contributed by atoms with Gasteiger partial charge in [-0.25, -0.2) is 0 Å². The molecule has 1 fully saturated rings. The third kappa shape index (κ3) is 2.80. The van der Waals surface area contributed by atoms with Crippen LogP contribution in [0.4, 0.5) is 0 Å². The van der Waals surface area contributed by atoms with E-state index in [1.165, 1.54) is 12.0 Å². The van der Waals surface area contributed by atoms with Gasteiger partial charge in [0, 0.05) is 5.56 Å². The van der Waals surface area contributed by atoms with Crippen LogP contribution in [0.2, 0.25) is 0 Å². The number of benzene rings is 1. The Kier molecular flexibility index (Phi) is 4.64. The quantitative estimate of drug-likeness (QED) is 0.774. The van der Waals surface area contributed by atoms with Crippen LogP contribution in [0.3, 0.4) is 0 Å². The van der Waals surface area contributed by atoms with E-state index in [2.05, 4.69) is 45.0 Å². The van der Waals surface area contributed by atoms with Gasteiger partial charge < -0.3 is 0 Å². The van der Waals surface area contributed by atoms with Gasteiger partial charge in [0.1, 0.15) is 0 Å². The lowest BCUT2D eigenvalue weighted by molar-refractivity contribution is 0.0486. The number of hydrogen-bond donors (Lipinski definition) is 0. The smallest absolute Gasteiger partial charge is 0.183 e. The maximum Gasteiger partial charge on any atom is 0.183 e. The SMILES string of the molecule is CCc1cccc(C(=O)C2(N(C)C)CCCC(C)C2)c1. The van der Waals surface area contributed by atoms with E-state index in [1.54, 1.807) is 0 Å². The molecule has 0 saturated heterocycles. The largest absolute Gasteiger partial charge is 0.297 e. The van der Waals surface area contributed by atoms with Crippen molar-refractivity contribution in [2.45, 2.75) is 51.5 Å². The molecule has 20 heavy (non-hydrogen) atoms. The molecule has 1 aromatic carbocycles. The molecule has 0 radical (unpaired) electrons. The lowest BCUT2D eigenvalue weighted by Crippen LogP contribution is -2.53. The van der Waals surface area contributed by atoms with E-state index in [-0.39, 0.29) is 5.54 Å². The lowest BCUT2D eigenvalue weighted by atomic mass is 9.71. The zero-order chi connectivity index (χ0) is 14.8. The molecule has 0 aliphatic heterocycles. The highest BCUT2D eigenvalue weighted by Gasteiger charge is 2.43. The minimum atomic E-state index is -0.302. The molecule has 2 nitrogen and oxygen atoms in total. The van der Waals surface area contributed by atoms with E-state index >= 15 is 0 Å². The fourth-order valence-corrected chi connectivity index (χ4v) is 3.54. The highest BCUT2D eigenvalue weighted by Crippen LogP contribution is 2.38. The number of ketones is 1. The summed E-state index contributed by atoms with van der Waals surface area (Å²) in [6.45, 7) is 4.40. The molecular formula is C18H27NO. The summed E-state index contributed by atoms with van der Waals surface area (Å²) in [5.74, 6) is 0.939. The monoisotopic (exact) mass is 273 g/mol. The van der Waals surface area contributed by atoms with Gasteiger partial charge >= 0.3 is 0 Å². The molecule has 1 saturated carbocycles. The summed E-state index contributed by atoms with van der Waals surface area (Å²) in [7, 11) is 4.11. The van der Waals surface area contributed by atoms with Crippen LogP contribution < -0.4 is 0 Å². The summed E-state index contributed by atoms with van der Waals surface area (Å²) in [6.07, 6.45) is 5.34. The fraction of sp³-hybridized carbons (Fsp3) is 0.611. The van der Waals surface area contributed by atoms with Crippen molar-refractivity contribution in [3.63, 3.8) is 0 Å². The standard InChI is InChI=1S/C18H27NO/c1-5-15-9-6-10-16(12-15)17(20)18(19(3)4)11-7-8-14(2)13-18/h6,9-10,12,14H,5,7-8,11,13H2,1-4H3. The van der Waals surface area contributed by atoms with E-state index < -0.39 is 0 Å². The Morgan fingerprint density at radius 3 is 2.75 bits per heavy atom. The van der Waals surface area contributed by atoms with Crippen LogP contribution in [0.1, 0.15) is 55.5 Å². The Bertz CT molecular complexity index is 480. The molecule has 110 valence electrons. The number of carbonyl (C=O) groups excluding carboxylic acids is 1. The van der Waals surface area contributed by atoms with Gasteiger partial charge in [-0.15, -0.1) is 0 Å². The van der Waals surface area contributed by atoms with Crippen LogP contribution in [-0.4, -0.2) is 30.3 Å². The molecule has 0 amide bonds. The van der Waals surface area contributed by atoms with E-state index in [1.807, 2.05) is 12.1 Å². The highest BCUT2D eigenvalue weighted by atomic mass is 16.1. The van der Waals surface area contributed by atoms with Crippen LogP contribution in [0, 0.1) is 5.92 Å². The summed E-state index contributed by atoms with van der Waals surface area (Å²) < 4.78 is 0. The van der Waals surface area contributed by atoms with Crippen LogP contribution in [-0.2, 0) is 6.42 Å². The van der Waals surface area contributed by atoms with Crippen LogP contribution in [0.25, 0.3) is 0 Å². The molecule has 0 aromatic heterocycles. The van der Waals surface area contributed by atoms with Crippen molar-refractivity contribution in [1.82, 2.24) is 4.90 Å². The van der Waals surface area contributed by atoms with Crippen molar-refractivity contribution >= 4 is 5.78 Å². The van der Waals surface area contributed by atoms with Crippen molar-refractivity contribution in [2.75, 3.05) is 14.1 Å². The zero-order valence-corrected chi connectivity index (χ0v) is 13.3. The molecule has 2 heteroatoms. The van der Waals surface area contributed by atoms with E-state index in [4.69, 9.17) is 0 Å². The second kappa shape index (κ2) is 6.09. The van der Waals surface area contributed by atoms with Gasteiger partial charge in [-0.2, -0.15) is 0 Å². The van der Waals surface area contributed by atoms with Gasteiger partial charge in [-0.1, -0.05) is 44.9 Å². The van der Waals surface area contributed by atoms with Gasteiger partial charge in [0.15, 0.2) is 5.78 Å². The molecule has 1 aliphatic carbocycles. The summed E-state index contributed by atoms with van der Waals surface area (Å²) >= 11 is 0. The molecular weight excluding hydrogens is 246 g/mol. The third-order valence-electron chi connectivity index (χ3n) is 4.85. The van der Waals surface area contributed by atoms with Crippen LogP contribution in [0.5, 0.6) is 0 Å². The number of rotatable bonds is 4. The number of Topliss-reactive ketones (excluding diaryl/α,β-unsaturated/α-hetero) is 1. The zero-order valence-electron chi connectivity index (χ0n) is 13.3. The normalized spacial score (nSPS) is 26.8. The van der Waals surface area contributed by atoms with E-state index in [9.17, 15) is 4.79 Å². The second-order valence-corrected chi connectivity index (χ2v) is 6.51. The highest BCUT2D eigenvalue weighted by molar-refractivity contribution is 6.03. The Hall–Kier alpha value is -1.15. The van der Waals surface area contributed by atoms with Crippen molar-refractivity contribution in [3.8, 4) is 0 Å². The maximum absolute atomic E-state index is 13.1. The van der Waals surface area contributed by atoms with Gasteiger partial charge in [-0.3, -0.25) is 9.69 Å². The van der Waals surface area contributed by atoms with Crippen LogP contribution >= 0.6 is 0 Å². The first-order valence-corrected chi connectivity index (χ1v) is 7.81. The number of hydrogen-bond acceptors (Lipinski definition) is 2. The molecule has 2 atom stereocenters.